The molecule has 4 heteroatoms. The summed E-state index contributed by atoms with van der Waals surface area (Å²) < 4.78 is 27.7. The molecule has 0 radical (unpaired) electrons. The third kappa shape index (κ3) is 7.85. The molecule has 0 amide bonds. The first kappa shape index (κ1) is 8.85. The Morgan fingerprint density at radius 3 is 2.56 bits per heavy atom. The molecular weight excluding hydrogens is 150 g/mol. The van der Waals surface area contributed by atoms with Crippen LogP contribution in [0.5, 0.6) is 0 Å². The summed E-state index contributed by atoms with van der Waals surface area (Å²) in [5.74, 6) is 0. The van der Waals surface area contributed by atoms with Crippen LogP contribution in [0.1, 0.15) is 0 Å². The topological polar surface area (TPSA) is 9.23 Å². The fourth-order valence-corrected chi connectivity index (χ4v) is 0.335. The Morgan fingerprint density at radius 1 is 1.67 bits per heavy atom. The van der Waals surface area contributed by atoms with Gasteiger partial charge >= 0.3 is 5.38 Å². The molecule has 0 bridgehead atoms. The second-order valence-corrected chi connectivity index (χ2v) is 1.97. The number of ether oxygens (including phenoxy) is 1. The van der Waals surface area contributed by atoms with E-state index >= 15 is 0 Å². The van der Waals surface area contributed by atoms with Crippen molar-refractivity contribution in [3.63, 3.8) is 0 Å². The molecule has 1 nitrogen and oxygen atoms in total. The highest BCUT2D eigenvalue weighted by molar-refractivity contribution is 6.21. The summed E-state index contributed by atoms with van der Waals surface area (Å²) in [6.45, 7) is 2.60. The number of rotatable bonds is 4. The predicted molar refractivity (Wildman–Crippen MR) is 31.8 cm³/mol. The molecule has 0 aliphatic rings. The molecule has 0 atom stereocenters. The minimum atomic E-state index is -3.25. The molecule has 0 saturated carbocycles. The molecule has 54 valence electrons. The summed E-state index contributed by atoms with van der Waals surface area (Å²) in [6, 6.07) is 0. The van der Waals surface area contributed by atoms with E-state index in [1.807, 2.05) is 0 Å². The third-order valence-corrected chi connectivity index (χ3v) is 0.611. The van der Waals surface area contributed by atoms with Gasteiger partial charge in [0.15, 0.2) is 0 Å². The van der Waals surface area contributed by atoms with Crippen molar-refractivity contribution in [2.75, 3.05) is 13.2 Å². The largest absolute Gasteiger partial charge is 0.370 e. The number of alkyl halides is 3. The Morgan fingerprint density at radius 2 is 2.22 bits per heavy atom. The van der Waals surface area contributed by atoms with Gasteiger partial charge < -0.3 is 4.74 Å². The van der Waals surface area contributed by atoms with Crippen LogP contribution in [0.25, 0.3) is 0 Å². The van der Waals surface area contributed by atoms with Crippen molar-refractivity contribution < 1.29 is 13.5 Å². The molecule has 0 spiro atoms. The lowest BCUT2D eigenvalue weighted by Crippen LogP contribution is -2.15. The van der Waals surface area contributed by atoms with Crippen LogP contribution in [0, 0.1) is 0 Å². The Labute approximate surface area is 57.3 Å². The summed E-state index contributed by atoms with van der Waals surface area (Å²) in [5.41, 5.74) is 0. The highest BCUT2D eigenvalue weighted by Crippen LogP contribution is 2.18. The van der Waals surface area contributed by atoms with Gasteiger partial charge in [0.05, 0.1) is 6.61 Å². The summed E-state index contributed by atoms with van der Waals surface area (Å²) >= 11 is 4.48. The quantitative estimate of drug-likeness (QED) is 0.344. The molecule has 0 unspecified atom stereocenters. The lowest BCUT2D eigenvalue weighted by molar-refractivity contribution is -0.00478. The van der Waals surface area contributed by atoms with Crippen molar-refractivity contribution in [1.82, 2.24) is 0 Å². The molecule has 0 aliphatic heterocycles. The molecule has 0 rings (SSSR count). The van der Waals surface area contributed by atoms with Crippen molar-refractivity contribution in [1.29, 1.82) is 0 Å². The molecule has 0 heterocycles. The van der Waals surface area contributed by atoms with Gasteiger partial charge in [-0.25, -0.2) is 0 Å². The molecule has 0 aromatic heterocycles. The summed E-state index contributed by atoms with van der Waals surface area (Å²) in [7, 11) is 0. The third-order valence-electron chi connectivity index (χ3n) is 0.501. The standard InChI is InChI=1S/C5H7ClF2O/c1-2-3-9-4-5(6,7)8/h2H,1,3-4H2. The van der Waals surface area contributed by atoms with Crippen LogP contribution in [0.2, 0.25) is 0 Å². The zero-order valence-corrected chi connectivity index (χ0v) is 5.50. The average molecular weight is 157 g/mol. The fourth-order valence-electron chi connectivity index (χ4n) is 0.258. The van der Waals surface area contributed by atoms with E-state index in [2.05, 4.69) is 22.9 Å². The van der Waals surface area contributed by atoms with Gasteiger partial charge in [-0.1, -0.05) is 6.08 Å². The fraction of sp³-hybridized carbons (Fsp3) is 0.600. The van der Waals surface area contributed by atoms with Gasteiger partial charge in [-0.15, -0.1) is 6.58 Å². The first-order chi connectivity index (χ1) is 4.06. The van der Waals surface area contributed by atoms with Gasteiger partial charge in [-0.2, -0.15) is 8.78 Å². The molecule has 0 saturated heterocycles. The van der Waals surface area contributed by atoms with Gasteiger partial charge in [0.2, 0.25) is 0 Å². The zero-order chi connectivity index (χ0) is 7.33. The van der Waals surface area contributed by atoms with Crippen molar-refractivity contribution in [2.24, 2.45) is 0 Å². The van der Waals surface area contributed by atoms with Crippen molar-refractivity contribution in [2.45, 2.75) is 5.38 Å². The predicted octanol–water partition coefficient (Wildman–Crippen LogP) is 2.02. The zero-order valence-electron chi connectivity index (χ0n) is 4.74. The Kier molecular flexibility index (Phi) is 3.73. The molecule has 0 aromatic carbocycles. The normalized spacial score (nSPS) is 11.4. The maximum Gasteiger partial charge on any atom is 0.344 e. The van der Waals surface area contributed by atoms with Crippen LogP contribution in [0.15, 0.2) is 12.7 Å². The molecule has 0 aromatic rings. The van der Waals surface area contributed by atoms with Gasteiger partial charge in [-0.05, 0) is 11.6 Å². The Hall–Kier alpha value is -0.150. The maximum absolute atomic E-state index is 11.7. The monoisotopic (exact) mass is 156 g/mol. The summed E-state index contributed by atoms with van der Waals surface area (Å²) in [4.78, 5) is 0. The number of hydrogen-bond acceptors (Lipinski definition) is 1. The van der Waals surface area contributed by atoms with Crippen molar-refractivity contribution in [3.8, 4) is 0 Å². The molecule has 0 aliphatic carbocycles. The van der Waals surface area contributed by atoms with E-state index in [-0.39, 0.29) is 6.61 Å². The van der Waals surface area contributed by atoms with Gasteiger partial charge in [-0.3, -0.25) is 0 Å². The average Bonchev–Trinajstić information content (AvgIpc) is 1.63. The van der Waals surface area contributed by atoms with Gasteiger partial charge in [0.25, 0.3) is 0 Å². The van der Waals surface area contributed by atoms with E-state index in [1.54, 1.807) is 0 Å². The molecule has 0 N–H and O–H groups in total. The number of hydrogen-bond donors (Lipinski definition) is 0. The lowest BCUT2D eigenvalue weighted by atomic mass is 10.7. The van der Waals surface area contributed by atoms with Crippen molar-refractivity contribution >= 4 is 11.6 Å². The number of halogens is 3. The summed E-state index contributed by atoms with van der Waals surface area (Å²) in [6.07, 6.45) is 1.38. The van der Waals surface area contributed by atoms with Gasteiger partial charge in [0.1, 0.15) is 6.61 Å². The van der Waals surface area contributed by atoms with Crippen LogP contribution in [-0.4, -0.2) is 18.6 Å². The minimum absolute atomic E-state index is 0.0995. The molecule has 0 fully saturated rings. The smallest absolute Gasteiger partial charge is 0.344 e. The first-order valence-corrected chi connectivity index (χ1v) is 2.69. The first-order valence-electron chi connectivity index (χ1n) is 2.31. The van der Waals surface area contributed by atoms with E-state index in [9.17, 15) is 8.78 Å². The second kappa shape index (κ2) is 3.80. The maximum atomic E-state index is 11.7. The van der Waals surface area contributed by atoms with Crippen molar-refractivity contribution in [3.05, 3.63) is 12.7 Å². The van der Waals surface area contributed by atoms with E-state index in [0.717, 1.165) is 0 Å². The van der Waals surface area contributed by atoms with Crippen LogP contribution in [-0.2, 0) is 4.74 Å². The van der Waals surface area contributed by atoms with E-state index in [1.165, 1.54) is 6.08 Å². The molecule has 9 heavy (non-hydrogen) atoms. The second-order valence-electron chi connectivity index (χ2n) is 1.42. The van der Waals surface area contributed by atoms with Gasteiger partial charge in [0, 0.05) is 0 Å². The van der Waals surface area contributed by atoms with E-state index in [4.69, 9.17) is 0 Å². The van der Waals surface area contributed by atoms with E-state index < -0.39 is 12.0 Å². The summed E-state index contributed by atoms with van der Waals surface area (Å²) in [5, 5.41) is -3.25. The lowest BCUT2D eigenvalue weighted by Gasteiger charge is -2.05. The van der Waals surface area contributed by atoms with E-state index in [0.29, 0.717) is 0 Å². The highest BCUT2D eigenvalue weighted by Gasteiger charge is 2.24. The van der Waals surface area contributed by atoms with Crippen LogP contribution >= 0.6 is 11.6 Å². The van der Waals surface area contributed by atoms with Crippen LogP contribution in [0.3, 0.4) is 0 Å². The Bertz CT molecular complexity index is 89.4. The minimum Gasteiger partial charge on any atom is -0.370 e. The Balaban J connectivity index is 3.17. The molecular formula is C5H7ClF2O. The SMILES string of the molecule is C=CCOCC(F)(F)Cl. The van der Waals surface area contributed by atoms with Crippen LogP contribution in [0.4, 0.5) is 8.78 Å². The highest BCUT2D eigenvalue weighted by atomic mass is 35.5. The van der Waals surface area contributed by atoms with Crippen LogP contribution < -0.4 is 0 Å².